The quantitative estimate of drug-likeness (QED) is 0.607. The summed E-state index contributed by atoms with van der Waals surface area (Å²) in [6, 6.07) is 5.67. The molecule has 10 heteroatoms. The molecule has 2 aliphatic rings. The molecule has 1 aromatic carbocycles. The lowest BCUT2D eigenvalue weighted by molar-refractivity contribution is 0.0622. The summed E-state index contributed by atoms with van der Waals surface area (Å²) in [5.74, 6) is -0.734. The fourth-order valence-electron chi connectivity index (χ4n) is 4.36. The molecule has 5 rings (SSSR count). The molecule has 174 valence electrons. The Hall–Kier alpha value is -3.14. The van der Waals surface area contributed by atoms with Crippen LogP contribution in [0.1, 0.15) is 53.8 Å². The highest BCUT2D eigenvalue weighted by Crippen LogP contribution is 2.29. The number of halogens is 3. The van der Waals surface area contributed by atoms with Gasteiger partial charge in [0.15, 0.2) is 0 Å². The van der Waals surface area contributed by atoms with Crippen molar-refractivity contribution in [2.75, 3.05) is 31.5 Å². The molecule has 7 nitrogen and oxygen atoms in total. The van der Waals surface area contributed by atoms with Crippen LogP contribution in [0.15, 0.2) is 36.7 Å². The number of nitrogens with zero attached hydrogens (tertiary/aromatic N) is 5. The van der Waals surface area contributed by atoms with Crippen LogP contribution >= 0.6 is 0 Å². The van der Waals surface area contributed by atoms with Crippen LogP contribution < -0.4 is 5.32 Å². The lowest BCUT2D eigenvalue weighted by atomic mass is 10.0. The Morgan fingerprint density at radius 2 is 1.85 bits per heavy atom. The summed E-state index contributed by atoms with van der Waals surface area (Å²) in [5.41, 5.74) is 0.298. The topological polar surface area (TPSA) is 65.8 Å². The van der Waals surface area contributed by atoms with Crippen LogP contribution in [0.5, 0.6) is 0 Å². The Morgan fingerprint density at radius 3 is 2.55 bits per heavy atom. The lowest BCUT2D eigenvalue weighted by Crippen LogP contribution is -2.49. The van der Waals surface area contributed by atoms with Crippen LogP contribution in [0.3, 0.4) is 0 Å². The summed E-state index contributed by atoms with van der Waals surface area (Å²) in [5, 5.41) is 3.06. The van der Waals surface area contributed by atoms with E-state index in [1.807, 2.05) is 4.90 Å². The molecule has 33 heavy (non-hydrogen) atoms. The van der Waals surface area contributed by atoms with Crippen molar-refractivity contribution >= 4 is 17.5 Å². The number of rotatable bonds is 6. The van der Waals surface area contributed by atoms with Gasteiger partial charge in [-0.3, -0.25) is 14.1 Å². The van der Waals surface area contributed by atoms with Crippen LogP contribution in [0.2, 0.25) is 0 Å². The number of anilines is 1. The highest BCUT2D eigenvalue weighted by atomic mass is 19.3. The number of carbonyl (C=O) groups is 1. The van der Waals surface area contributed by atoms with Gasteiger partial charge in [-0.1, -0.05) is 18.2 Å². The van der Waals surface area contributed by atoms with E-state index < -0.39 is 23.8 Å². The van der Waals surface area contributed by atoms with Gasteiger partial charge in [-0.15, -0.1) is 0 Å². The van der Waals surface area contributed by atoms with Crippen molar-refractivity contribution in [2.45, 2.75) is 38.3 Å². The van der Waals surface area contributed by atoms with Gasteiger partial charge in [-0.05, 0) is 25.8 Å². The fraction of sp³-hybridized carbons (Fsp3) is 0.435. The number of nitrogens with one attached hydrogen (secondary N) is 1. The number of hydrogen-bond donors (Lipinski definition) is 1. The van der Waals surface area contributed by atoms with Gasteiger partial charge in [0.2, 0.25) is 5.95 Å². The summed E-state index contributed by atoms with van der Waals surface area (Å²) in [4.78, 5) is 26.0. The molecule has 0 unspecified atom stereocenters. The average Bonchev–Trinajstić information content (AvgIpc) is 3.57. The van der Waals surface area contributed by atoms with Crippen molar-refractivity contribution in [3.63, 3.8) is 0 Å². The third-order valence-electron chi connectivity index (χ3n) is 6.37. The number of amides is 1. The summed E-state index contributed by atoms with van der Waals surface area (Å²) in [6.07, 6.45) is 2.74. The first kappa shape index (κ1) is 21.7. The first-order valence-electron chi connectivity index (χ1n) is 11.1. The Labute approximate surface area is 189 Å². The summed E-state index contributed by atoms with van der Waals surface area (Å²) < 4.78 is 42.4. The number of carbonyl (C=O) groups excluding carboxylic acids is 1. The van der Waals surface area contributed by atoms with E-state index >= 15 is 0 Å². The molecule has 1 N–H and O–H groups in total. The van der Waals surface area contributed by atoms with Gasteiger partial charge < -0.3 is 10.2 Å². The lowest BCUT2D eigenvalue weighted by Gasteiger charge is -2.34. The molecule has 1 atom stereocenters. The van der Waals surface area contributed by atoms with Gasteiger partial charge in [0.25, 0.3) is 12.3 Å². The van der Waals surface area contributed by atoms with E-state index in [2.05, 4.69) is 20.2 Å². The predicted octanol–water partition coefficient (Wildman–Crippen LogP) is 3.90. The van der Waals surface area contributed by atoms with E-state index in [9.17, 15) is 18.0 Å². The Kier molecular flexibility index (Phi) is 5.69. The van der Waals surface area contributed by atoms with E-state index in [4.69, 9.17) is 0 Å². The minimum Gasteiger partial charge on any atom is -0.349 e. The Balaban J connectivity index is 1.35. The molecule has 2 fully saturated rings. The van der Waals surface area contributed by atoms with Crippen molar-refractivity contribution in [1.29, 1.82) is 0 Å². The van der Waals surface area contributed by atoms with E-state index in [0.717, 1.165) is 19.2 Å². The zero-order valence-corrected chi connectivity index (χ0v) is 18.2. The standard InChI is InChI=1S/C23H25F3N6O/c1-14(16-3-2-4-17(20(16)24)21(25)26)28-23-27-8-7-19-29-18(13-32(19)23)22(33)31-11-9-30(10-12-31)15-5-6-15/h2-4,7-8,13-15,21H,5-6,9-12H2,1H3,(H,27,28)/t14-/m1/s1. The molecule has 1 amide bonds. The molecule has 3 heterocycles. The largest absolute Gasteiger partial charge is 0.349 e. The number of piperazine rings is 1. The van der Waals surface area contributed by atoms with Gasteiger partial charge in [0.05, 0.1) is 11.6 Å². The number of fused-ring (bicyclic) bond motifs is 1. The van der Waals surface area contributed by atoms with Crippen LogP contribution in [0.25, 0.3) is 5.65 Å². The molecule has 0 bridgehead atoms. The summed E-state index contributed by atoms with van der Waals surface area (Å²) >= 11 is 0. The highest BCUT2D eigenvalue weighted by Gasteiger charge is 2.33. The van der Waals surface area contributed by atoms with Crippen molar-refractivity contribution in [2.24, 2.45) is 0 Å². The van der Waals surface area contributed by atoms with Crippen LogP contribution in [0, 0.1) is 5.82 Å². The van der Waals surface area contributed by atoms with Crippen LogP contribution in [-0.4, -0.2) is 62.3 Å². The van der Waals surface area contributed by atoms with Gasteiger partial charge in [0, 0.05) is 50.2 Å². The second-order valence-corrected chi connectivity index (χ2v) is 8.60. The van der Waals surface area contributed by atoms with Gasteiger partial charge in [-0.2, -0.15) is 0 Å². The molecule has 0 radical (unpaired) electrons. The average molecular weight is 458 g/mol. The zero-order chi connectivity index (χ0) is 23.1. The Morgan fingerprint density at radius 1 is 1.12 bits per heavy atom. The second-order valence-electron chi connectivity index (χ2n) is 8.60. The first-order valence-corrected chi connectivity index (χ1v) is 11.1. The molecular weight excluding hydrogens is 433 g/mol. The molecule has 1 saturated heterocycles. The van der Waals surface area contributed by atoms with Gasteiger partial charge in [-0.25, -0.2) is 23.1 Å². The number of benzene rings is 1. The maximum Gasteiger partial charge on any atom is 0.274 e. The number of hydrogen-bond acceptors (Lipinski definition) is 5. The van der Waals surface area contributed by atoms with Crippen LogP contribution in [-0.2, 0) is 0 Å². The van der Waals surface area contributed by atoms with E-state index in [0.29, 0.717) is 36.4 Å². The maximum absolute atomic E-state index is 14.6. The SMILES string of the molecule is C[C@@H](Nc1nccc2nc(C(=O)N3CCN(C4CC4)CC3)cn12)c1cccc(C(F)F)c1F. The fourth-order valence-corrected chi connectivity index (χ4v) is 4.36. The van der Waals surface area contributed by atoms with Crippen LogP contribution in [0.4, 0.5) is 19.1 Å². The molecule has 1 aliphatic heterocycles. The normalized spacial score (nSPS) is 18.2. The monoisotopic (exact) mass is 458 g/mol. The smallest absolute Gasteiger partial charge is 0.274 e. The maximum atomic E-state index is 14.6. The number of imidazole rings is 1. The summed E-state index contributed by atoms with van der Waals surface area (Å²) in [7, 11) is 0. The molecule has 3 aromatic rings. The molecule has 1 aliphatic carbocycles. The van der Waals surface area contributed by atoms with E-state index in [-0.39, 0.29) is 11.5 Å². The predicted molar refractivity (Wildman–Crippen MR) is 117 cm³/mol. The van der Waals surface area contributed by atoms with Crippen molar-refractivity contribution in [3.8, 4) is 0 Å². The number of alkyl halides is 2. The molecule has 0 spiro atoms. The van der Waals surface area contributed by atoms with E-state index in [1.165, 1.54) is 31.2 Å². The number of aromatic nitrogens is 3. The third-order valence-corrected chi connectivity index (χ3v) is 6.37. The van der Waals surface area contributed by atoms with Gasteiger partial charge in [0.1, 0.15) is 17.2 Å². The highest BCUT2D eigenvalue weighted by molar-refractivity contribution is 5.93. The van der Waals surface area contributed by atoms with Crippen molar-refractivity contribution in [3.05, 3.63) is 59.3 Å². The molecule has 2 aromatic heterocycles. The van der Waals surface area contributed by atoms with Gasteiger partial charge >= 0.3 is 0 Å². The minimum absolute atomic E-state index is 0.108. The molecular formula is C23H25F3N6O. The van der Waals surface area contributed by atoms with Crippen molar-refractivity contribution < 1.29 is 18.0 Å². The third kappa shape index (κ3) is 4.27. The zero-order valence-electron chi connectivity index (χ0n) is 18.2. The van der Waals surface area contributed by atoms with Crippen molar-refractivity contribution in [1.82, 2.24) is 24.2 Å². The van der Waals surface area contributed by atoms with E-state index in [1.54, 1.807) is 23.6 Å². The minimum atomic E-state index is -2.90. The second kappa shape index (κ2) is 8.66. The first-order chi connectivity index (χ1) is 15.9. The summed E-state index contributed by atoms with van der Waals surface area (Å²) in [6.45, 7) is 4.75. The Bertz CT molecular complexity index is 1170. The molecule has 1 saturated carbocycles.